The largest absolute Gasteiger partial charge is 0.478 e. The van der Waals surface area contributed by atoms with E-state index in [0.717, 1.165) is 36.0 Å². The van der Waals surface area contributed by atoms with Gasteiger partial charge in [0.15, 0.2) is 11.4 Å². The van der Waals surface area contributed by atoms with Crippen molar-refractivity contribution in [2.24, 2.45) is 0 Å². The van der Waals surface area contributed by atoms with Crippen molar-refractivity contribution in [3.63, 3.8) is 0 Å². The van der Waals surface area contributed by atoms with Crippen molar-refractivity contribution in [2.75, 3.05) is 0 Å². The molecule has 2 heterocycles. The number of carboxylic acid groups (broad SMARTS) is 1. The fourth-order valence-corrected chi connectivity index (χ4v) is 4.14. The number of unbranched alkanes of at least 4 members (excludes halogenated alkanes) is 1. The van der Waals surface area contributed by atoms with Crippen molar-refractivity contribution in [3.8, 4) is 17.0 Å². The molecule has 8 heteroatoms. The van der Waals surface area contributed by atoms with Crippen molar-refractivity contribution in [3.05, 3.63) is 101 Å². The Kier molecular flexibility index (Phi) is 8.27. The summed E-state index contributed by atoms with van der Waals surface area (Å²) in [4.78, 5) is 33.5. The van der Waals surface area contributed by atoms with E-state index in [-0.39, 0.29) is 5.78 Å². The molecule has 1 N–H and O–H groups in total. The van der Waals surface area contributed by atoms with Crippen molar-refractivity contribution < 1.29 is 19.4 Å². The van der Waals surface area contributed by atoms with Crippen molar-refractivity contribution >= 4 is 23.4 Å². The van der Waals surface area contributed by atoms with E-state index in [4.69, 9.17) is 16.3 Å². The molecule has 4 rings (SSSR count). The SMILES string of the molecule is Cc1ccc(C(=O)c2nc(-c3cccc(Cl)c3)cn2CCCCc2ccc(OC(C)(C)C(=O)O)cc2)nc1. The molecule has 0 saturated carbocycles. The Morgan fingerprint density at radius 1 is 1.05 bits per heavy atom. The first-order valence-corrected chi connectivity index (χ1v) is 12.8. The van der Waals surface area contributed by atoms with Gasteiger partial charge >= 0.3 is 5.97 Å². The molecule has 0 amide bonds. The second kappa shape index (κ2) is 11.6. The van der Waals surface area contributed by atoms with Gasteiger partial charge in [0, 0.05) is 29.5 Å². The molecule has 0 fully saturated rings. The Morgan fingerprint density at radius 2 is 1.82 bits per heavy atom. The van der Waals surface area contributed by atoms with E-state index >= 15 is 0 Å². The average Bonchev–Trinajstić information content (AvgIpc) is 3.31. The number of carboxylic acids is 1. The van der Waals surface area contributed by atoms with E-state index in [9.17, 15) is 14.7 Å². The maximum Gasteiger partial charge on any atom is 0.347 e. The van der Waals surface area contributed by atoms with Gasteiger partial charge < -0.3 is 14.4 Å². The lowest BCUT2D eigenvalue weighted by Crippen LogP contribution is -2.37. The van der Waals surface area contributed by atoms with Crippen molar-refractivity contribution in [1.82, 2.24) is 14.5 Å². The van der Waals surface area contributed by atoms with Gasteiger partial charge in [0.2, 0.25) is 5.78 Å². The second-order valence-electron chi connectivity index (χ2n) is 9.72. The van der Waals surface area contributed by atoms with Gasteiger partial charge in [-0.05, 0) is 81.5 Å². The summed E-state index contributed by atoms with van der Waals surface area (Å²) in [6, 6.07) is 18.5. The number of carbonyl (C=O) groups is 2. The Bertz CT molecular complexity index is 1430. The molecule has 0 radical (unpaired) electrons. The highest BCUT2D eigenvalue weighted by atomic mass is 35.5. The van der Waals surface area contributed by atoms with Crippen LogP contribution in [-0.2, 0) is 17.8 Å². The number of nitrogens with zero attached hydrogens (tertiary/aromatic N) is 3. The van der Waals surface area contributed by atoms with Gasteiger partial charge in [0.05, 0.1) is 5.69 Å². The molecule has 2 aromatic carbocycles. The van der Waals surface area contributed by atoms with Crippen molar-refractivity contribution in [1.29, 1.82) is 0 Å². The minimum absolute atomic E-state index is 0.224. The van der Waals surface area contributed by atoms with Gasteiger partial charge in [-0.1, -0.05) is 41.9 Å². The van der Waals surface area contributed by atoms with Gasteiger partial charge in [0.1, 0.15) is 11.4 Å². The van der Waals surface area contributed by atoms with E-state index in [0.29, 0.717) is 34.5 Å². The third-order valence-corrected chi connectivity index (χ3v) is 6.40. The average molecular weight is 532 g/mol. The topological polar surface area (TPSA) is 94.3 Å². The molecule has 0 bridgehead atoms. The first kappa shape index (κ1) is 27.1. The minimum Gasteiger partial charge on any atom is -0.478 e. The highest BCUT2D eigenvalue weighted by molar-refractivity contribution is 6.30. The van der Waals surface area contributed by atoms with Gasteiger partial charge in [-0.2, -0.15) is 0 Å². The molecule has 2 aromatic heterocycles. The third-order valence-electron chi connectivity index (χ3n) is 6.17. The predicted molar refractivity (Wildman–Crippen MR) is 147 cm³/mol. The molecule has 196 valence electrons. The zero-order chi connectivity index (χ0) is 27.3. The number of aliphatic carboxylic acids is 1. The van der Waals surface area contributed by atoms with Crippen LogP contribution in [0.4, 0.5) is 0 Å². The Balaban J connectivity index is 1.45. The monoisotopic (exact) mass is 531 g/mol. The maximum atomic E-state index is 13.3. The van der Waals surface area contributed by atoms with Crippen LogP contribution in [0.3, 0.4) is 0 Å². The molecule has 0 aliphatic heterocycles. The van der Waals surface area contributed by atoms with E-state index in [1.54, 1.807) is 30.5 Å². The number of halogens is 1. The molecule has 0 aliphatic rings. The highest BCUT2D eigenvalue weighted by Crippen LogP contribution is 2.24. The Labute approximate surface area is 227 Å². The number of ketones is 1. The summed E-state index contributed by atoms with van der Waals surface area (Å²) < 4.78 is 7.47. The van der Waals surface area contributed by atoms with Crippen LogP contribution in [-0.4, -0.2) is 37.0 Å². The fraction of sp³-hybridized carbons (Fsp3) is 0.267. The first-order chi connectivity index (χ1) is 18.1. The summed E-state index contributed by atoms with van der Waals surface area (Å²) in [5.41, 5.74) is 2.69. The third kappa shape index (κ3) is 6.66. The lowest BCUT2D eigenvalue weighted by Gasteiger charge is -2.21. The number of hydrogen-bond acceptors (Lipinski definition) is 5. The molecule has 0 saturated heterocycles. The quantitative estimate of drug-likeness (QED) is 0.178. The summed E-state index contributed by atoms with van der Waals surface area (Å²) in [6.45, 7) is 5.58. The maximum absolute atomic E-state index is 13.3. The number of pyridine rings is 1. The fourth-order valence-electron chi connectivity index (χ4n) is 3.94. The summed E-state index contributed by atoms with van der Waals surface area (Å²) in [5, 5.41) is 9.85. The summed E-state index contributed by atoms with van der Waals surface area (Å²) in [5.74, 6) is -0.381. The van der Waals surface area contributed by atoms with Gasteiger partial charge in [-0.25, -0.2) is 9.78 Å². The molecule has 4 aromatic rings. The van der Waals surface area contributed by atoms with Gasteiger partial charge in [-0.3, -0.25) is 9.78 Å². The number of imidazole rings is 1. The molecule has 38 heavy (non-hydrogen) atoms. The van der Waals surface area contributed by atoms with E-state index < -0.39 is 11.6 Å². The first-order valence-electron chi connectivity index (χ1n) is 12.4. The van der Waals surface area contributed by atoms with Crippen LogP contribution < -0.4 is 4.74 Å². The van der Waals surface area contributed by atoms with Crippen LogP contribution in [0.5, 0.6) is 5.75 Å². The highest BCUT2D eigenvalue weighted by Gasteiger charge is 2.29. The van der Waals surface area contributed by atoms with Gasteiger partial charge in [0.25, 0.3) is 0 Å². The minimum atomic E-state index is -1.29. The van der Waals surface area contributed by atoms with Crippen LogP contribution >= 0.6 is 11.6 Å². The molecule has 0 spiro atoms. The molecular formula is C30H30ClN3O4. The number of rotatable bonds is 11. The van der Waals surface area contributed by atoms with Gasteiger partial charge in [-0.15, -0.1) is 0 Å². The second-order valence-corrected chi connectivity index (χ2v) is 10.2. The number of aryl methyl sites for hydroxylation is 3. The Hall–Kier alpha value is -3.97. The summed E-state index contributed by atoms with van der Waals surface area (Å²) >= 11 is 6.18. The van der Waals surface area contributed by atoms with Crippen LogP contribution in [0.25, 0.3) is 11.3 Å². The zero-order valence-corrected chi connectivity index (χ0v) is 22.4. The number of aromatic nitrogens is 3. The zero-order valence-electron chi connectivity index (χ0n) is 21.6. The van der Waals surface area contributed by atoms with Crippen LogP contribution in [0.1, 0.15) is 54.1 Å². The number of hydrogen-bond donors (Lipinski definition) is 1. The molecule has 0 aliphatic carbocycles. The number of benzene rings is 2. The molecule has 7 nitrogen and oxygen atoms in total. The molecule has 0 unspecified atom stereocenters. The van der Waals surface area contributed by atoms with Crippen molar-refractivity contribution in [2.45, 2.75) is 52.2 Å². The van der Waals surface area contributed by atoms with Crippen LogP contribution in [0.2, 0.25) is 5.02 Å². The number of ether oxygens (including phenoxy) is 1. The summed E-state index contributed by atoms with van der Waals surface area (Å²) in [6.07, 6.45) is 6.13. The van der Waals surface area contributed by atoms with Crippen LogP contribution in [0.15, 0.2) is 73.1 Å². The summed E-state index contributed by atoms with van der Waals surface area (Å²) in [7, 11) is 0. The predicted octanol–water partition coefficient (Wildman–Crippen LogP) is 6.40. The van der Waals surface area contributed by atoms with E-state index in [1.807, 2.05) is 54.1 Å². The lowest BCUT2D eigenvalue weighted by molar-refractivity contribution is -0.152. The van der Waals surface area contributed by atoms with Crippen LogP contribution in [0, 0.1) is 6.92 Å². The lowest BCUT2D eigenvalue weighted by atomic mass is 10.1. The normalized spacial score (nSPS) is 11.4. The van der Waals surface area contributed by atoms with E-state index in [1.165, 1.54) is 13.8 Å². The number of carbonyl (C=O) groups excluding carboxylic acids is 1. The molecule has 0 atom stereocenters. The smallest absolute Gasteiger partial charge is 0.347 e. The van der Waals surface area contributed by atoms with E-state index in [2.05, 4.69) is 9.97 Å². The Morgan fingerprint density at radius 3 is 2.47 bits per heavy atom. The molecular weight excluding hydrogens is 502 g/mol. The standard InChI is InChI=1S/C30H30ClN3O4/c1-20-10-15-25(32-18-20)27(35)28-33-26(22-8-6-9-23(31)17-22)19-34(28)16-5-4-7-21-11-13-24(14-12-21)38-30(2,3)29(36)37/h6,8-15,17-19H,4-5,7,16H2,1-3H3,(H,36,37).